The van der Waals surface area contributed by atoms with Gasteiger partial charge in [-0.25, -0.2) is 5.84 Å². The summed E-state index contributed by atoms with van der Waals surface area (Å²) < 4.78 is 1.06. The predicted octanol–water partition coefficient (Wildman–Crippen LogP) is 2.67. The molecule has 3 N–H and O–H groups in total. The number of hydrogen-bond donors (Lipinski definition) is 2. The average molecular weight is 354 g/mol. The third-order valence-electron chi connectivity index (χ3n) is 2.97. The topological polar surface area (TPSA) is 58.4 Å². The SMILES string of the molecule is CN(Cc1cc(Br)cs1)C(C(=O)NN)c1ccccc1. The predicted molar refractivity (Wildman–Crippen MR) is 85.0 cm³/mol. The molecule has 1 aromatic carbocycles. The van der Waals surface area contributed by atoms with Gasteiger partial charge in [-0.15, -0.1) is 11.3 Å². The first-order valence-electron chi connectivity index (χ1n) is 6.10. The molecule has 0 aliphatic rings. The Morgan fingerprint density at radius 3 is 2.70 bits per heavy atom. The molecule has 0 fully saturated rings. The number of likely N-dealkylation sites (N-methyl/N-ethyl adjacent to an activating group) is 1. The Morgan fingerprint density at radius 1 is 1.45 bits per heavy atom. The molecule has 0 bridgehead atoms. The lowest BCUT2D eigenvalue weighted by atomic mass is 10.1. The van der Waals surface area contributed by atoms with Gasteiger partial charge in [0.1, 0.15) is 6.04 Å². The number of nitrogens with two attached hydrogens (primary N) is 1. The fourth-order valence-electron chi connectivity index (χ4n) is 2.09. The molecular formula is C14H16BrN3OS. The first kappa shape index (κ1) is 15.2. The normalized spacial score (nSPS) is 12.4. The van der Waals surface area contributed by atoms with Crippen LogP contribution in [0, 0.1) is 0 Å². The van der Waals surface area contributed by atoms with E-state index in [1.165, 1.54) is 4.88 Å². The summed E-state index contributed by atoms with van der Waals surface area (Å²) in [6, 6.07) is 11.3. The number of carbonyl (C=O) groups is 1. The summed E-state index contributed by atoms with van der Waals surface area (Å²) in [5, 5.41) is 2.03. The molecule has 6 heteroatoms. The number of halogens is 1. The molecule has 0 radical (unpaired) electrons. The summed E-state index contributed by atoms with van der Waals surface area (Å²) >= 11 is 5.10. The minimum atomic E-state index is -0.401. The van der Waals surface area contributed by atoms with Crippen molar-refractivity contribution in [3.8, 4) is 0 Å². The molecule has 1 aromatic heterocycles. The molecule has 0 spiro atoms. The fraction of sp³-hybridized carbons (Fsp3) is 0.214. The van der Waals surface area contributed by atoms with Crippen LogP contribution >= 0.6 is 27.3 Å². The molecule has 0 aliphatic carbocycles. The van der Waals surface area contributed by atoms with Crippen molar-refractivity contribution < 1.29 is 4.79 Å². The lowest BCUT2D eigenvalue weighted by molar-refractivity contribution is -0.126. The molecule has 2 aromatic rings. The zero-order valence-electron chi connectivity index (χ0n) is 11.0. The highest BCUT2D eigenvalue weighted by Gasteiger charge is 2.24. The molecule has 1 amide bonds. The minimum Gasteiger partial charge on any atom is -0.293 e. The van der Waals surface area contributed by atoms with Gasteiger partial charge in [-0.3, -0.25) is 15.1 Å². The highest BCUT2D eigenvalue weighted by Crippen LogP contribution is 2.25. The third-order valence-corrected chi connectivity index (χ3v) is 4.66. The van der Waals surface area contributed by atoms with E-state index in [1.807, 2.05) is 47.7 Å². The van der Waals surface area contributed by atoms with Crippen molar-refractivity contribution in [2.24, 2.45) is 5.84 Å². The molecule has 0 saturated carbocycles. The number of carbonyl (C=O) groups excluding carboxylic acids is 1. The van der Waals surface area contributed by atoms with Gasteiger partial charge in [0.25, 0.3) is 5.91 Å². The maximum atomic E-state index is 12.1. The van der Waals surface area contributed by atoms with Crippen molar-refractivity contribution in [1.82, 2.24) is 10.3 Å². The molecule has 0 aliphatic heterocycles. The van der Waals surface area contributed by atoms with E-state index in [1.54, 1.807) is 11.3 Å². The number of benzene rings is 1. The van der Waals surface area contributed by atoms with Gasteiger partial charge in [-0.1, -0.05) is 30.3 Å². The van der Waals surface area contributed by atoms with Crippen molar-refractivity contribution in [2.45, 2.75) is 12.6 Å². The second-order valence-corrected chi connectivity index (χ2v) is 6.38. The summed E-state index contributed by atoms with van der Waals surface area (Å²) in [7, 11) is 1.92. The second kappa shape index (κ2) is 6.99. The van der Waals surface area contributed by atoms with E-state index >= 15 is 0 Å². The first-order valence-corrected chi connectivity index (χ1v) is 7.77. The molecule has 0 saturated heterocycles. The number of nitrogens with zero attached hydrogens (tertiary/aromatic N) is 1. The molecule has 2 rings (SSSR count). The van der Waals surface area contributed by atoms with Crippen LogP contribution in [0.25, 0.3) is 0 Å². The number of amides is 1. The Labute approximate surface area is 130 Å². The van der Waals surface area contributed by atoms with Crippen LogP contribution in [0.2, 0.25) is 0 Å². The van der Waals surface area contributed by atoms with Gasteiger partial charge in [-0.2, -0.15) is 0 Å². The van der Waals surface area contributed by atoms with E-state index < -0.39 is 6.04 Å². The second-order valence-electron chi connectivity index (χ2n) is 4.47. The quantitative estimate of drug-likeness (QED) is 0.493. The molecule has 1 heterocycles. The maximum Gasteiger partial charge on any atom is 0.255 e. The number of thiophene rings is 1. The number of nitrogens with one attached hydrogen (secondary N) is 1. The van der Waals surface area contributed by atoms with Crippen LogP contribution < -0.4 is 11.3 Å². The summed E-state index contributed by atoms with van der Waals surface area (Å²) in [4.78, 5) is 15.2. The van der Waals surface area contributed by atoms with E-state index in [0.717, 1.165) is 10.0 Å². The number of hydrogen-bond acceptors (Lipinski definition) is 4. The Morgan fingerprint density at radius 2 is 2.15 bits per heavy atom. The van der Waals surface area contributed by atoms with E-state index in [4.69, 9.17) is 5.84 Å². The van der Waals surface area contributed by atoms with Crippen LogP contribution in [0.4, 0.5) is 0 Å². The van der Waals surface area contributed by atoms with Crippen LogP contribution in [0.5, 0.6) is 0 Å². The van der Waals surface area contributed by atoms with Crippen LogP contribution in [-0.4, -0.2) is 17.9 Å². The van der Waals surface area contributed by atoms with Crippen molar-refractivity contribution in [2.75, 3.05) is 7.05 Å². The largest absolute Gasteiger partial charge is 0.293 e. The summed E-state index contributed by atoms with van der Waals surface area (Å²) in [5.74, 6) is 5.10. The van der Waals surface area contributed by atoms with Crippen molar-refractivity contribution >= 4 is 33.2 Å². The Hall–Kier alpha value is -1.21. The fourth-order valence-corrected chi connectivity index (χ4v) is 3.61. The highest BCUT2D eigenvalue weighted by atomic mass is 79.9. The van der Waals surface area contributed by atoms with Crippen LogP contribution in [0.1, 0.15) is 16.5 Å². The standard InChI is InChI=1S/C14H16BrN3OS/c1-18(8-12-7-11(15)9-20-12)13(14(19)17-16)10-5-3-2-4-6-10/h2-7,9,13H,8,16H2,1H3,(H,17,19). The molecule has 1 atom stereocenters. The first-order chi connectivity index (χ1) is 9.61. The minimum absolute atomic E-state index is 0.214. The van der Waals surface area contributed by atoms with Gasteiger partial charge >= 0.3 is 0 Å². The monoisotopic (exact) mass is 353 g/mol. The maximum absolute atomic E-state index is 12.1. The van der Waals surface area contributed by atoms with Crippen molar-refractivity contribution in [1.29, 1.82) is 0 Å². The molecule has 20 heavy (non-hydrogen) atoms. The van der Waals surface area contributed by atoms with Gasteiger partial charge in [-0.05, 0) is 34.6 Å². The Balaban J connectivity index is 2.20. The Bertz CT molecular complexity index is 573. The lowest BCUT2D eigenvalue weighted by Crippen LogP contribution is -2.41. The van der Waals surface area contributed by atoms with Gasteiger partial charge < -0.3 is 0 Å². The smallest absolute Gasteiger partial charge is 0.255 e. The zero-order chi connectivity index (χ0) is 14.5. The van der Waals surface area contributed by atoms with E-state index in [9.17, 15) is 4.79 Å². The van der Waals surface area contributed by atoms with Gasteiger partial charge in [0.2, 0.25) is 0 Å². The van der Waals surface area contributed by atoms with E-state index in [2.05, 4.69) is 27.4 Å². The Kier molecular flexibility index (Phi) is 5.31. The number of rotatable bonds is 5. The zero-order valence-corrected chi connectivity index (χ0v) is 13.4. The van der Waals surface area contributed by atoms with Crippen molar-refractivity contribution in [3.63, 3.8) is 0 Å². The molecule has 106 valence electrons. The van der Waals surface area contributed by atoms with Crippen LogP contribution in [0.3, 0.4) is 0 Å². The van der Waals surface area contributed by atoms with E-state index in [0.29, 0.717) is 6.54 Å². The number of hydrazine groups is 1. The van der Waals surface area contributed by atoms with Gasteiger partial charge in [0, 0.05) is 21.3 Å². The van der Waals surface area contributed by atoms with Crippen LogP contribution in [-0.2, 0) is 11.3 Å². The highest BCUT2D eigenvalue weighted by molar-refractivity contribution is 9.10. The molecular weight excluding hydrogens is 338 g/mol. The summed E-state index contributed by atoms with van der Waals surface area (Å²) in [6.45, 7) is 0.684. The lowest BCUT2D eigenvalue weighted by Gasteiger charge is -2.26. The third kappa shape index (κ3) is 3.67. The summed E-state index contributed by atoms with van der Waals surface area (Å²) in [5.41, 5.74) is 3.17. The van der Waals surface area contributed by atoms with Crippen molar-refractivity contribution in [3.05, 3.63) is 56.7 Å². The average Bonchev–Trinajstić information content (AvgIpc) is 2.85. The van der Waals surface area contributed by atoms with Gasteiger partial charge in [0.05, 0.1) is 0 Å². The van der Waals surface area contributed by atoms with Gasteiger partial charge in [0.15, 0.2) is 0 Å². The summed E-state index contributed by atoms with van der Waals surface area (Å²) in [6.07, 6.45) is 0. The molecule has 1 unspecified atom stereocenters. The molecule has 4 nitrogen and oxygen atoms in total. The van der Waals surface area contributed by atoms with E-state index in [-0.39, 0.29) is 5.91 Å². The van der Waals surface area contributed by atoms with Crippen LogP contribution in [0.15, 0.2) is 46.3 Å².